The van der Waals surface area contributed by atoms with Crippen molar-refractivity contribution in [3.05, 3.63) is 0 Å². The summed E-state index contributed by atoms with van der Waals surface area (Å²) < 4.78 is 10.2. The maximum Gasteiger partial charge on any atom is 0.480 e. The summed E-state index contributed by atoms with van der Waals surface area (Å²) in [5.41, 5.74) is 0. The highest BCUT2D eigenvalue weighted by Gasteiger charge is 2.06. The first-order chi connectivity index (χ1) is 3.27. The van der Waals surface area contributed by atoms with Crippen LogP contribution in [-0.4, -0.2) is 5.75 Å². The molecule has 0 saturated carbocycles. The number of rotatable bonds is 3. The van der Waals surface area contributed by atoms with E-state index in [2.05, 4.69) is 19.2 Å². The van der Waals surface area contributed by atoms with Crippen molar-refractivity contribution >= 4 is 29.8 Å². The maximum absolute atomic E-state index is 10.2. The average molecular weight is 155 g/mol. The van der Waals surface area contributed by atoms with Crippen LogP contribution in [0.2, 0.25) is 0 Å². The molecule has 0 bridgehead atoms. The second-order valence-corrected chi connectivity index (χ2v) is 5.88. The quantitative estimate of drug-likeness (QED) is 0.498. The molecule has 0 amide bonds. The molecule has 0 saturated heterocycles. The van der Waals surface area contributed by atoms with Crippen LogP contribution in [0.3, 0.4) is 0 Å². The van der Waals surface area contributed by atoms with Gasteiger partial charge in [0.05, 0.1) is 0 Å². The summed E-state index contributed by atoms with van der Waals surface area (Å²) in [4.78, 5) is 0. The predicted molar refractivity (Wildman–Crippen MR) is 39.3 cm³/mol. The van der Waals surface area contributed by atoms with E-state index in [1.165, 1.54) is 11.4 Å². The Labute approximate surface area is 53.9 Å². The standard InChI is InChI=1S/C3H7OPS2/c1-2-3-7-5(4)6/h2-3H2,1H3/p+1. The fraction of sp³-hybridized carbons (Fsp3) is 1.00. The van der Waals surface area contributed by atoms with Crippen LogP contribution in [0.25, 0.3) is 0 Å². The summed E-state index contributed by atoms with van der Waals surface area (Å²) in [6.45, 7) is 2.06. The smallest absolute Gasteiger partial charge is 0.0644 e. The molecule has 0 rings (SSSR count). The van der Waals surface area contributed by atoms with Gasteiger partial charge < -0.3 is 0 Å². The Kier molecular flexibility index (Phi) is 5.51. The molecule has 0 aliphatic rings. The lowest BCUT2D eigenvalue weighted by Gasteiger charge is -1.74. The highest BCUT2D eigenvalue weighted by Crippen LogP contribution is 2.41. The largest absolute Gasteiger partial charge is 0.480 e. The van der Waals surface area contributed by atoms with Gasteiger partial charge in [-0.15, -0.1) is 0 Å². The third-order valence-electron chi connectivity index (χ3n) is 0.406. The van der Waals surface area contributed by atoms with Gasteiger partial charge in [-0.3, -0.25) is 0 Å². The Balaban J connectivity index is 2.82. The molecular weight excluding hydrogens is 147 g/mol. The summed E-state index contributed by atoms with van der Waals surface area (Å²) in [6, 6.07) is 0. The van der Waals surface area contributed by atoms with Gasteiger partial charge in [0, 0.05) is 5.75 Å². The van der Waals surface area contributed by atoms with Crippen LogP contribution in [0.5, 0.6) is 0 Å². The van der Waals surface area contributed by atoms with Gasteiger partial charge in [0.2, 0.25) is 0 Å². The van der Waals surface area contributed by atoms with Crippen molar-refractivity contribution in [2.45, 2.75) is 13.3 Å². The van der Waals surface area contributed by atoms with Crippen LogP contribution in [0.1, 0.15) is 13.3 Å². The lowest BCUT2D eigenvalue weighted by Crippen LogP contribution is -1.62. The monoisotopic (exact) mass is 155 g/mol. The molecule has 0 fully saturated rings. The zero-order valence-corrected chi connectivity index (χ0v) is 6.73. The van der Waals surface area contributed by atoms with Crippen LogP contribution >= 0.6 is 29.8 Å². The van der Waals surface area contributed by atoms with E-state index in [-0.39, 0.29) is 0 Å². The van der Waals surface area contributed by atoms with Crippen LogP contribution in [0, 0.1) is 0 Å². The lowest BCUT2D eigenvalue weighted by atomic mass is 10.6. The summed E-state index contributed by atoms with van der Waals surface area (Å²) in [5.74, 6) is 0.957. The lowest BCUT2D eigenvalue weighted by molar-refractivity contribution is 0.603. The van der Waals surface area contributed by atoms with Gasteiger partial charge in [-0.05, 0) is 11.0 Å². The second-order valence-electron chi connectivity index (χ2n) is 1.07. The average Bonchev–Trinajstić information content (AvgIpc) is 1.61. The van der Waals surface area contributed by atoms with Gasteiger partial charge in [-0.25, -0.2) is 0 Å². The summed E-state index contributed by atoms with van der Waals surface area (Å²) in [6.07, 6.45) is -0.170. The molecular formula is C3H8OPS2+. The fourth-order valence-electron chi connectivity index (χ4n) is 0.169. The summed E-state index contributed by atoms with van der Waals surface area (Å²) >= 11 is 5.11. The number of hydrogen-bond donors (Lipinski definition) is 1. The van der Waals surface area contributed by atoms with Gasteiger partial charge in [0.15, 0.2) is 0 Å². The van der Waals surface area contributed by atoms with Crippen LogP contribution < -0.4 is 0 Å². The van der Waals surface area contributed by atoms with Crippen molar-refractivity contribution in [1.29, 1.82) is 0 Å². The maximum atomic E-state index is 10.2. The van der Waals surface area contributed by atoms with E-state index >= 15 is 0 Å². The number of thiol groups is 1. The molecule has 1 atom stereocenters. The van der Waals surface area contributed by atoms with Crippen molar-refractivity contribution in [2.24, 2.45) is 0 Å². The van der Waals surface area contributed by atoms with Crippen LogP contribution in [0.15, 0.2) is 0 Å². The van der Waals surface area contributed by atoms with E-state index in [1.54, 1.807) is 0 Å². The topological polar surface area (TPSA) is 17.1 Å². The minimum absolute atomic E-state index is 0.957. The van der Waals surface area contributed by atoms with Gasteiger partial charge in [0.25, 0.3) is 0 Å². The van der Waals surface area contributed by atoms with Gasteiger partial charge in [0.1, 0.15) is 23.6 Å². The van der Waals surface area contributed by atoms with E-state index in [0.717, 1.165) is 12.2 Å². The number of hydrogen-bond acceptors (Lipinski definition) is 2. The molecule has 0 heterocycles. The van der Waals surface area contributed by atoms with E-state index in [9.17, 15) is 4.57 Å². The molecule has 0 N–H and O–H groups in total. The molecule has 0 spiro atoms. The van der Waals surface area contributed by atoms with E-state index in [1.807, 2.05) is 0 Å². The Hall–Kier alpha value is 0.800. The SMILES string of the molecule is CCCS[P+](=O)S. The highest BCUT2D eigenvalue weighted by molar-refractivity contribution is 8.79. The Morgan fingerprint density at radius 3 is 2.57 bits per heavy atom. The third-order valence-corrected chi connectivity index (χ3v) is 3.47. The molecule has 1 unspecified atom stereocenters. The zero-order chi connectivity index (χ0) is 5.70. The Bertz CT molecular complexity index is 66.0. The minimum atomic E-state index is -1.25. The Morgan fingerprint density at radius 2 is 2.43 bits per heavy atom. The van der Waals surface area contributed by atoms with Crippen molar-refractivity contribution in [3.8, 4) is 0 Å². The first-order valence-corrected chi connectivity index (χ1v) is 6.06. The molecule has 0 aliphatic carbocycles. The molecule has 1 nitrogen and oxygen atoms in total. The molecule has 0 aliphatic heterocycles. The van der Waals surface area contributed by atoms with Gasteiger partial charge >= 0.3 is 6.20 Å². The van der Waals surface area contributed by atoms with Gasteiger partial charge in [-0.1, -0.05) is 6.92 Å². The van der Waals surface area contributed by atoms with Gasteiger partial charge in [-0.2, -0.15) is 0 Å². The van der Waals surface area contributed by atoms with Crippen molar-refractivity contribution in [2.75, 3.05) is 5.75 Å². The molecule has 0 aromatic rings. The first kappa shape index (κ1) is 7.80. The molecule has 0 aromatic heterocycles. The van der Waals surface area contributed by atoms with E-state index < -0.39 is 6.20 Å². The molecule has 0 aromatic carbocycles. The second kappa shape index (κ2) is 4.95. The fourth-order valence-corrected chi connectivity index (χ4v) is 2.26. The minimum Gasteiger partial charge on any atom is -0.0644 e. The Morgan fingerprint density at radius 1 is 1.86 bits per heavy atom. The van der Waals surface area contributed by atoms with E-state index in [4.69, 9.17) is 0 Å². The summed E-state index contributed by atoms with van der Waals surface area (Å²) in [7, 11) is 0. The van der Waals surface area contributed by atoms with Crippen LogP contribution in [-0.2, 0) is 4.57 Å². The van der Waals surface area contributed by atoms with Crippen molar-refractivity contribution < 1.29 is 4.57 Å². The normalized spacial score (nSPS) is 11.4. The summed E-state index contributed by atoms with van der Waals surface area (Å²) in [5, 5.41) is 0. The zero-order valence-electron chi connectivity index (χ0n) is 4.13. The van der Waals surface area contributed by atoms with Crippen molar-refractivity contribution in [1.82, 2.24) is 0 Å². The molecule has 4 heteroatoms. The predicted octanol–water partition coefficient (Wildman–Crippen LogP) is 2.72. The van der Waals surface area contributed by atoms with E-state index in [0.29, 0.717) is 0 Å². The molecule has 0 radical (unpaired) electrons. The first-order valence-electron chi connectivity index (χ1n) is 2.06. The van der Waals surface area contributed by atoms with Crippen molar-refractivity contribution in [3.63, 3.8) is 0 Å². The highest BCUT2D eigenvalue weighted by atomic mass is 33.1. The molecule has 42 valence electrons. The third kappa shape index (κ3) is 6.80. The van der Waals surface area contributed by atoms with Crippen LogP contribution in [0.4, 0.5) is 0 Å². The molecule has 7 heavy (non-hydrogen) atoms.